The van der Waals surface area contributed by atoms with Crippen LogP contribution in [0.15, 0.2) is 46.9 Å². The van der Waals surface area contributed by atoms with Crippen LogP contribution in [-0.4, -0.2) is 7.05 Å². The van der Waals surface area contributed by atoms with Crippen molar-refractivity contribution in [3.8, 4) is 6.07 Å². The highest BCUT2D eigenvalue weighted by Gasteiger charge is 2.08. The summed E-state index contributed by atoms with van der Waals surface area (Å²) in [6.45, 7) is 2.86. The predicted molar refractivity (Wildman–Crippen MR) is 82.1 cm³/mol. The molecule has 2 nitrogen and oxygen atoms in total. The summed E-state index contributed by atoms with van der Waals surface area (Å²) in [5, 5.41) is 9.17. The highest BCUT2D eigenvalue weighted by Crippen LogP contribution is 2.25. The molecule has 0 aliphatic carbocycles. The monoisotopic (exact) mass is 314 g/mol. The van der Waals surface area contributed by atoms with Crippen LogP contribution in [0.25, 0.3) is 0 Å². The zero-order valence-electron chi connectivity index (χ0n) is 11.0. The van der Waals surface area contributed by atoms with E-state index in [1.165, 1.54) is 11.1 Å². The molecule has 0 aromatic heterocycles. The van der Waals surface area contributed by atoms with Crippen LogP contribution in [-0.2, 0) is 6.54 Å². The van der Waals surface area contributed by atoms with E-state index in [0.717, 1.165) is 16.7 Å². The summed E-state index contributed by atoms with van der Waals surface area (Å²) in [6, 6.07) is 16.4. The molecular weight excluding hydrogens is 300 g/mol. The summed E-state index contributed by atoms with van der Waals surface area (Å²) in [5.74, 6) is 0. The Kier molecular flexibility index (Phi) is 4.24. The average molecular weight is 315 g/mol. The fourth-order valence-corrected chi connectivity index (χ4v) is 2.32. The van der Waals surface area contributed by atoms with Gasteiger partial charge in [0.2, 0.25) is 0 Å². The van der Waals surface area contributed by atoms with Crippen LogP contribution in [0.4, 0.5) is 5.69 Å². The largest absolute Gasteiger partial charge is 0.369 e. The first-order chi connectivity index (χ1) is 9.10. The fourth-order valence-electron chi connectivity index (χ4n) is 1.97. The number of nitriles is 1. The van der Waals surface area contributed by atoms with E-state index in [1.807, 2.05) is 25.2 Å². The normalized spacial score (nSPS) is 10.0. The van der Waals surface area contributed by atoms with Gasteiger partial charge in [-0.05, 0) is 30.7 Å². The highest BCUT2D eigenvalue weighted by atomic mass is 79.9. The maximum Gasteiger partial charge on any atom is 0.101 e. The van der Waals surface area contributed by atoms with Gasteiger partial charge in [0, 0.05) is 18.1 Å². The Bertz CT molecular complexity index is 612. The van der Waals surface area contributed by atoms with E-state index in [-0.39, 0.29) is 0 Å². The van der Waals surface area contributed by atoms with Gasteiger partial charge in [-0.1, -0.05) is 45.8 Å². The predicted octanol–water partition coefficient (Wildman–Crippen LogP) is 4.27. The molecule has 0 heterocycles. The zero-order chi connectivity index (χ0) is 13.8. The van der Waals surface area contributed by atoms with Crippen molar-refractivity contribution >= 4 is 21.6 Å². The Balaban J connectivity index is 2.25. The van der Waals surface area contributed by atoms with Crippen molar-refractivity contribution in [2.24, 2.45) is 0 Å². The van der Waals surface area contributed by atoms with Crippen LogP contribution in [0.2, 0.25) is 0 Å². The molecule has 0 saturated carbocycles. The topological polar surface area (TPSA) is 27.0 Å². The van der Waals surface area contributed by atoms with E-state index in [4.69, 9.17) is 5.26 Å². The van der Waals surface area contributed by atoms with E-state index in [9.17, 15) is 0 Å². The van der Waals surface area contributed by atoms with Gasteiger partial charge in [0.05, 0.1) is 11.3 Å². The first-order valence-electron chi connectivity index (χ1n) is 6.06. The molecule has 0 atom stereocenters. The van der Waals surface area contributed by atoms with Gasteiger partial charge in [0.25, 0.3) is 0 Å². The maximum absolute atomic E-state index is 9.17. The molecule has 0 unspecified atom stereocenters. The quantitative estimate of drug-likeness (QED) is 0.846. The second kappa shape index (κ2) is 5.90. The summed E-state index contributed by atoms with van der Waals surface area (Å²) in [5.41, 5.74) is 4.12. The standard InChI is InChI=1S/C16H15BrN2/c1-12-3-5-13(6-4-12)11-19(2)16-9-15(17)8-7-14(16)10-18/h3-9H,11H2,1-2H3. The molecule has 0 aliphatic heterocycles. The maximum atomic E-state index is 9.17. The molecule has 0 spiro atoms. The zero-order valence-corrected chi connectivity index (χ0v) is 12.6. The van der Waals surface area contributed by atoms with E-state index in [2.05, 4.69) is 58.1 Å². The molecule has 0 radical (unpaired) electrons. The van der Waals surface area contributed by atoms with Gasteiger partial charge in [0.15, 0.2) is 0 Å². The van der Waals surface area contributed by atoms with E-state index in [1.54, 1.807) is 0 Å². The molecule has 2 aromatic rings. The third-order valence-corrected chi connectivity index (χ3v) is 3.53. The number of benzene rings is 2. The van der Waals surface area contributed by atoms with Crippen LogP contribution in [0.1, 0.15) is 16.7 Å². The summed E-state index contributed by atoms with van der Waals surface area (Å²) in [4.78, 5) is 2.09. The lowest BCUT2D eigenvalue weighted by atomic mass is 10.1. The van der Waals surface area contributed by atoms with Crippen molar-refractivity contribution in [1.82, 2.24) is 0 Å². The average Bonchev–Trinajstić information content (AvgIpc) is 2.41. The number of hydrogen-bond acceptors (Lipinski definition) is 2. The Morgan fingerprint density at radius 3 is 2.47 bits per heavy atom. The van der Waals surface area contributed by atoms with E-state index in [0.29, 0.717) is 5.56 Å². The van der Waals surface area contributed by atoms with E-state index >= 15 is 0 Å². The molecule has 3 heteroatoms. The first kappa shape index (κ1) is 13.6. The number of nitrogens with zero attached hydrogens (tertiary/aromatic N) is 2. The van der Waals surface area contributed by atoms with Crippen LogP contribution < -0.4 is 4.90 Å². The Morgan fingerprint density at radius 1 is 1.16 bits per heavy atom. The SMILES string of the molecule is Cc1ccc(CN(C)c2cc(Br)ccc2C#N)cc1. The van der Waals surface area contributed by atoms with Crippen molar-refractivity contribution in [1.29, 1.82) is 5.26 Å². The molecule has 2 rings (SSSR count). The third kappa shape index (κ3) is 3.36. The molecular formula is C16H15BrN2. The molecule has 0 N–H and O–H groups in total. The Hall–Kier alpha value is -1.79. The summed E-state index contributed by atoms with van der Waals surface area (Å²) in [7, 11) is 2.00. The smallest absolute Gasteiger partial charge is 0.101 e. The van der Waals surface area contributed by atoms with Gasteiger partial charge >= 0.3 is 0 Å². The molecule has 0 aliphatic rings. The Morgan fingerprint density at radius 2 is 1.84 bits per heavy atom. The number of aryl methyl sites for hydroxylation is 1. The second-order valence-electron chi connectivity index (χ2n) is 4.61. The Labute approximate surface area is 122 Å². The van der Waals surface area contributed by atoms with Crippen LogP contribution in [0.3, 0.4) is 0 Å². The van der Waals surface area contributed by atoms with Gasteiger partial charge in [-0.15, -0.1) is 0 Å². The molecule has 0 bridgehead atoms. The van der Waals surface area contributed by atoms with E-state index < -0.39 is 0 Å². The molecule has 2 aromatic carbocycles. The van der Waals surface area contributed by atoms with Crippen LogP contribution in [0.5, 0.6) is 0 Å². The van der Waals surface area contributed by atoms with Gasteiger partial charge in [-0.3, -0.25) is 0 Å². The van der Waals surface area contributed by atoms with Crippen molar-refractivity contribution in [3.05, 3.63) is 63.6 Å². The van der Waals surface area contributed by atoms with Gasteiger partial charge in [-0.2, -0.15) is 5.26 Å². The minimum Gasteiger partial charge on any atom is -0.369 e. The van der Waals surface area contributed by atoms with Crippen molar-refractivity contribution in [2.75, 3.05) is 11.9 Å². The lowest BCUT2D eigenvalue weighted by Gasteiger charge is -2.21. The van der Waals surface area contributed by atoms with Gasteiger partial charge in [0.1, 0.15) is 6.07 Å². The van der Waals surface area contributed by atoms with Crippen LogP contribution >= 0.6 is 15.9 Å². The van der Waals surface area contributed by atoms with Crippen LogP contribution in [0, 0.1) is 18.3 Å². The number of anilines is 1. The molecule has 0 saturated heterocycles. The van der Waals surface area contributed by atoms with Crippen molar-refractivity contribution < 1.29 is 0 Å². The summed E-state index contributed by atoms with van der Waals surface area (Å²) >= 11 is 3.45. The fraction of sp³-hybridized carbons (Fsp3) is 0.188. The van der Waals surface area contributed by atoms with Crippen molar-refractivity contribution in [3.63, 3.8) is 0 Å². The minimum atomic E-state index is 0.692. The number of hydrogen-bond donors (Lipinski definition) is 0. The molecule has 0 amide bonds. The second-order valence-corrected chi connectivity index (χ2v) is 5.53. The van der Waals surface area contributed by atoms with Crippen molar-refractivity contribution in [2.45, 2.75) is 13.5 Å². The molecule has 19 heavy (non-hydrogen) atoms. The summed E-state index contributed by atoms with van der Waals surface area (Å²) < 4.78 is 0.984. The first-order valence-corrected chi connectivity index (χ1v) is 6.86. The minimum absolute atomic E-state index is 0.692. The number of halogens is 1. The summed E-state index contributed by atoms with van der Waals surface area (Å²) in [6.07, 6.45) is 0. The lowest BCUT2D eigenvalue weighted by Crippen LogP contribution is -2.17. The third-order valence-electron chi connectivity index (χ3n) is 3.03. The molecule has 0 fully saturated rings. The van der Waals surface area contributed by atoms with Gasteiger partial charge < -0.3 is 4.90 Å². The number of rotatable bonds is 3. The lowest BCUT2D eigenvalue weighted by molar-refractivity contribution is 0.919. The van der Waals surface area contributed by atoms with Gasteiger partial charge in [-0.25, -0.2) is 0 Å². The highest BCUT2D eigenvalue weighted by molar-refractivity contribution is 9.10. The molecule has 96 valence electrons.